The van der Waals surface area contributed by atoms with Crippen LogP contribution in [0.3, 0.4) is 0 Å². The topological polar surface area (TPSA) is 71.8 Å². The average Bonchev–Trinajstić information content (AvgIpc) is 2.98. The largest absolute Gasteiger partial charge is 0.455 e. The third-order valence-corrected chi connectivity index (χ3v) is 6.14. The van der Waals surface area contributed by atoms with Gasteiger partial charge in [-0.3, -0.25) is 9.10 Å². The average molecular weight is 470 g/mol. The number of ether oxygens (including phenoxy) is 1. The molecule has 0 saturated heterocycles. The molecule has 3 aromatic rings. The van der Waals surface area contributed by atoms with Crippen LogP contribution < -0.4 is 9.62 Å². The molecule has 4 rings (SSSR count). The highest BCUT2D eigenvalue weighted by atomic mass is 32.2. The van der Waals surface area contributed by atoms with E-state index < -0.39 is 35.0 Å². The number of carbonyl (C=O) groups is 1. The highest BCUT2D eigenvalue weighted by Gasteiger charge is 2.45. The van der Waals surface area contributed by atoms with Crippen LogP contribution in [-0.2, 0) is 15.7 Å². The molecule has 0 bridgehead atoms. The second kappa shape index (κ2) is 8.21. The molecule has 1 amide bonds. The molecule has 32 heavy (non-hydrogen) atoms. The Labute approximate surface area is 182 Å². The third kappa shape index (κ3) is 3.86. The van der Waals surface area contributed by atoms with Gasteiger partial charge in [-0.25, -0.2) is 8.60 Å². The normalized spacial score (nSPS) is 17.7. The van der Waals surface area contributed by atoms with Gasteiger partial charge in [-0.2, -0.15) is 13.2 Å². The number of fused-ring (bicyclic) bond motifs is 2. The van der Waals surface area contributed by atoms with Gasteiger partial charge in [0.2, 0.25) is 0 Å². The lowest BCUT2D eigenvalue weighted by molar-refractivity contribution is -0.221. The second-order valence-corrected chi connectivity index (χ2v) is 8.41. The van der Waals surface area contributed by atoms with E-state index in [0.717, 1.165) is 0 Å². The van der Waals surface area contributed by atoms with Crippen LogP contribution in [0.2, 0.25) is 0 Å². The van der Waals surface area contributed by atoms with Crippen LogP contribution in [0.25, 0.3) is 22.3 Å². The highest BCUT2D eigenvalue weighted by molar-refractivity contribution is 7.85. The van der Waals surface area contributed by atoms with Gasteiger partial charge >= 0.3 is 6.18 Å². The Balaban J connectivity index is 2.04. The van der Waals surface area contributed by atoms with Gasteiger partial charge < -0.3 is 14.5 Å². The molecule has 6 nitrogen and oxygen atoms in total. The maximum Gasteiger partial charge on any atom is 0.418 e. The first-order chi connectivity index (χ1) is 15.1. The molecule has 2 atom stereocenters. The Bertz CT molecular complexity index is 1210. The minimum Gasteiger partial charge on any atom is -0.455 e. The fourth-order valence-electron chi connectivity index (χ4n) is 3.73. The summed E-state index contributed by atoms with van der Waals surface area (Å²) in [4.78, 5) is 12.7. The molecule has 11 heteroatoms. The summed E-state index contributed by atoms with van der Waals surface area (Å²) in [6.07, 6.45) is -5.65. The Morgan fingerprint density at radius 1 is 1.22 bits per heavy atom. The summed E-state index contributed by atoms with van der Waals surface area (Å²) >= 11 is 0. The van der Waals surface area contributed by atoms with E-state index in [1.165, 1.54) is 54.0 Å². The van der Waals surface area contributed by atoms with E-state index >= 15 is 0 Å². The zero-order valence-electron chi connectivity index (χ0n) is 17.0. The summed E-state index contributed by atoms with van der Waals surface area (Å²) in [6.45, 7) is -0.315. The lowest BCUT2D eigenvalue weighted by atomic mass is 9.99. The van der Waals surface area contributed by atoms with Gasteiger partial charge in [-0.1, -0.05) is 0 Å². The van der Waals surface area contributed by atoms with Crippen molar-refractivity contribution in [2.45, 2.75) is 12.3 Å². The van der Waals surface area contributed by atoms with Crippen molar-refractivity contribution < 1.29 is 35.7 Å². The van der Waals surface area contributed by atoms with Crippen molar-refractivity contribution >= 4 is 33.5 Å². The molecule has 2 unspecified atom stereocenters. The first kappa shape index (κ1) is 22.3. The Kier molecular flexibility index (Phi) is 5.72. The number of nitrogens with zero attached hydrogens (tertiary/aromatic N) is 1. The van der Waals surface area contributed by atoms with E-state index in [1.54, 1.807) is 0 Å². The number of carbonyl (C=O) groups excluding carboxylic acids is 1. The molecule has 0 fully saturated rings. The van der Waals surface area contributed by atoms with Crippen LogP contribution in [0.15, 0.2) is 40.8 Å². The molecule has 170 valence electrons. The van der Waals surface area contributed by atoms with Crippen LogP contribution in [-0.4, -0.2) is 42.7 Å². The van der Waals surface area contributed by atoms with Gasteiger partial charge in [0.05, 0.1) is 24.4 Å². The number of amides is 1. The predicted molar refractivity (Wildman–Crippen MR) is 111 cm³/mol. The van der Waals surface area contributed by atoms with E-state index in [2.05, 4.69) is 5.32 Å². The maximum absolute atomic E-state index is 13.8. The van der Waals surface area contributed by atoms with E-state index in [0.29, 0.717) is 5.56 Å². The van der Waals surface area contributed by atoms with Gasteiger partial charge in [0, 0.05) is 35.9 Å². The molecule has 0 aliphatic carbocycles. The molecule has 1 aliphatic heterocycles. The molecule has 0 saturated carbocycles. The fraction of sp³-hybridized carbons (Fsp3) is 0.286. The van der Waals surface area contributed by atoms with E-state index in [1.807, 2.05) is 0 Å². The Hall–Kier alpha value is -2.92. The van der Waals surface area contributed by atoms with Crippen LogP contribution in [0, 0.1) is 5.82 Å². The Morgan fingerprint density at radius 3 is 2.50 bits per heavy atom. The number of hydrogen-bond donors (Lipinski definition) is 1. The smallest absolute Gasteiger partial charge is 0.418 e. The number of benzene rings is 2. The van der Waals surface area contributed by atoms with E-state index in [4.69, 9.17) is 9.15 Å². The van der Waals surface area contributed by atoms with Gasteiger partial charge in [0.1, 0.15) is 28.1 Å². The zero-order chi connectivity index (χ0) is 23.2. The SMILES string of the molecule is CNC(=O)c1c(-c2ccc(F)cc2)oc2cc3c(cc12)C(C(F)(F)F)OCCN3S(C)=O. The number of halogens is 4. The summed E-state index contributed by atoms with van der Waals surface area (Å²) in [5.74, 6) is -1.01. The molecular weight excluding hydrogens is 452 g/mol. The lowest BCUT2D eigenvalue weighted by Crippen LogP contribution is -2.27. The van der Waals surface area contributed by atoms with E-state index in [-0.39, 0.29) is 46.7 Å². The van der Waals surface area contributed by atoms with Crippen LogP contribution in [0.4, 0.5) is 23.2 Å². The minimum absolute atomic E-state index is 0.00579. The number of hydrogen-bond acceptors (Lipinski definition) is 4. The molecule has 2 aromatic carbocycles. The number of rotatable bonds is 3. The van der Waals surface area contributed by atoms with Gasteiger partial charge in [0.25, 0.3) is 5.91 Å². The third-order valence-electron chi connectivity index (χ3n) is 5.14. The van der Waals surface area contributed by atoms with Crippen molar-refractivity contribution in [1.29, 1.82) is 0 Å². The molecule has 0 radical (unpaired) electrons. The number of alkyl halides is 3. The summed E-state index contributed by atoms with van der Waals surface area (Å²) in [5.41, 5.74) is 0.275. The van der Waals surface area contributed by atoms with Gasteiger partial charge in [0.15, 0.2) is 6.10 Å². The van der Waals surface area contributed by atoms with Crippen molar-refractivity contribution in [1.82, 2.24) is 5.32 Å². The molecule has 1 N–H and O–H groups in total. The first-order valence-corrected chi connectivity index (χ1v) is 11.0. The summed E-state index contributed by atoms with van der Waals surface area (Å²) in [7, 11) is -0.256. The van der Waals surface area contributed by atoms with Crippen molar-refractivity contribution in [2.24, 2.45) is 0 Å². The molecule has 1 aliphatic rings. The van der Waals surface area contributed by atoms with Crippen LogP contribution in [0.5, 0.6) is 0 Å². The molecule has 0 spiro atoms. The van der Waals surface area contributed by atoms with E-state index in [9.17, 15) is 26.6 Å². The van der Waals surface area contributed by atoms with Crippen molar-refractivity contribution in [2.75, 3.05) is 30.8 Å². The van der Waals surface area contributed by atoms with Gasteiger partial charge in [-0.15, -0.1) is 0 Å². The first-order valence-electron chi connectivity index (χ1n) is 9.49. The second-order valence-electron chi connectivity index (χ2n) is 7.12. The quantitative estimate of drug-likeness (QED) is 0.579. The standard InChI is InChI=1S/C21H18F4N2O4S/c1-26-20(28)17-14-9-13-15(27(32(2)29)7-8-30-19(13)21(23,24)25)10-16(14)31-18(17)11-3-5-12(22)6-4-11/h3-6,9-10,19H,7-8H2,1-2H3,(H,26,28). The fourth-order valence-corrected chi connectivity index (χ4v) is 4.50. The van der Waals surface area contributed by atoms with Crippen LogP contribution in [0.1, 0.15) is 22.0 Å². The number of furan rings is 1. The number of nitrogens with one attached hydrogen (secondary N) is 1. The maximum atomic E-state index is 13.8. The molecular formula is C21H18F4N2O4S. The minimum atomic E-state index is -4.73. The predicted octanol–water partition coefficient (Wildman–Crippen LogP) is 4.33. The molecule has 1 aromatic heterocycles. The van der Waals surface area contributed by atoms with Crippen molar-refractivity contribution in [3.63, 3.8) is 0 Å². The number of anilines is 1. The van der Waals surface area contributed by atoms with Crippen molar-refractivity contribution in [3.05, 3.63) is 53.3 Å². The van der Waals surface area contributed by atoms with Gasteiger partial charge in [-0.05, 0) is 30.3 Å². The summed E-state index contributed by atoms with van der Waals surface area (Å²) in [6, 6.07) is 7.69. The Morgan fingerprint density at radius 2 is 1.91 bits per heavy atom. The van der Waals surface area contributed by atoms with Crippen LogP contribution >= 0.6 is 0 Å². The summed E-state index contributed by atoms with van der Waals surface area (Å²) in [5, 5.41) is 2.59. The highest BCUT2D eigenvalue weighted by Crippen LogP contribution is 2.45. The monoisotopic (exact) mass is 470 g/mol. The summed E-state index contributed by atoms with van der Waals surface area (Å²) < 4.78 is 79.3. The zero-order valence-corrected chi connectivity index (χ0v) is 17.8. The van der Waals surface area contributed by atoms with Crippen molar-refractivity contribution in [3.8, 4) is 11.3 Å². The lowest BCUT2D eigenvalue weighted by Gasteiger charge is -2.23. The molecule has 2 heterocycles.